The molecule has 3 rings (SSSR count). The van der Waals surface area contributed by atoms with Gasteiger partial charge in [-0.2, -0.15) is 0 Å². The molecule has 1 aromatic rings. The van der Waals surface area contributed by atoms with Gasteiger partial charge >= 0.3 is 0 Å². The zero-order valence-electron chi connectivity index (χ0n) is 8.53. The fourth-order valence-corrected chi connectivity index (χ4v) is 1.83. The second-order valence-corrected chi connectivity index (χ2v) is 4.07. The summed E-state index contributed by atoms with van der Waals surface area (Å²) in [6.07, 6.45) is 0. The Hall–Kier alpha value is -1.59. The van der Waals surface area contributed by atoms with Crippen LogP contribution in [0.1, 0.15) is 5.56 Å². The molecule has 0 unspecified atom stereocenters. The van der Waals surface area contributed by atoms with Crippen LogP contribution in [0.4, 0.5) is 5.69 Å². The van der Waals surface area contributed by atoms with Gasteiger partial charge in [-0.15, -0.1) is 0 Å². The predicted octanol–water partition coefficient (Wildman–Crippen LogP) is 0.235. The Morgan fingerprint density at radius 1 is 1.38 bits per heavy atom. The number of hydrogen-bond acceptors (Lipinski definition) is 4. The van der Waals surface area contributed by atoms with Gasteiger partial charge in [-0.1, -0.05) is 6.07 Å². The van der Waals surface area contributed by atoms with Crippen molar-refractivity contribution in [1.29, 1.82) is 0 Å². The number of aliphatic hydroxyl groups is 1. The number of hydrogen-bond donors (Lipinski definition) is 2. The lowest BCUT2D eigenvalue weighted by Gasteiger charge is -2.37. The summed E-state index contributed by atoms with van der Waals surface area (Å²) in [7, 11) is 0. The second kappa shape index (κ2) is 3.20. The molecule has 2 heterocycles. The normalized spacial score (nSPS) is 21.4. The summed E-state index contributed by atoms with van der Waals surface area (Å²) < 4.78 is 10.2. The Morgan fingerprint density at radius 2 is 2.19 bits per heavy atom. The fraction of sp³-hybridized carbons (Fsp3) is 0.364. The highest BCUT2D eigenvalue weighted by Gasteiger charge is 2.38. The molecule has 84 valence electrons. The lowest BCUT2D eigenvalue weighted by atomic mass is 9.91. The van der Waals surface area contributed by atoms with Crippen LogP contribution in [0.5, 0.6) is 5.75 Å². The van der Waals surface area contributed by atoms with Crippen LogP contribution in [0.2, 0.25) is 0 Å². The van der Waals surface area contributed by atoms with Gasteiger partial charge in [0.05, 0.1) is 18.9 Å². The van der Waals surface area contributed by atoms with Crippen molar-refractivity contribution in [1.82, 2.24) is 0 Å². The third-order valence-corrected chi connectivity index (χ3v) is 2.83. The van der Waals surface area contributed by atoms with Crippen LogP contribution in [0.25, 0.3) is 0 Å². The zero-order valence-corrected chi connectivity index (χ0v) is 8.53. The average Bonchev–Trinajstić information content (AvgIpc) is 2.25. The standard InChI is InChI=1S/C11H11NO4/c13-10-4-16-9-2-1-7(3-8(9)12-10)11(14)5-15-6-11/h1-3,14H,4-6H2,(H,12,13). The molecule has 1 fully saturated rings. The van der Waals surface area contributed by atoms with E-state index in [0.717, 1.165) is 5.56 Å². The third kappa shape index (κ3) is 1.36. The highest BCUT2D eigenvalue weighted by atomic mass is 16.5. The maximum atomic E-state index is 11.1. The van der Waals surface area contributed by atoms with E-state index >= 15 is 0 Å². The van der Waals surface area contributed by atoms with E-state index in [1.54, 1.807) is 18.2 Å². The maximum Gasteiger partial charge on any atom is 0.262 e. The molecule has 0 bridgehead atoms. The fourth-order valence-electron chi connectivity index (χ4n) is 1.83. The average molecular weight is 221 g/mol. The minimum Gasteiger partial charge on any atom is -0.482 e. The molecule has 1 aromatic carbocycles. The number of carbonyl (C=O) groups excluding carboxylic acids is 1. The van der Waals surface area contributed by atoms with Crippen LogP contribution in [-0.4, -0.2) is 30.8 Å². The summed E-state index contributed by atoms with van der Waals surface area (Å²) in [6.45, 7) is 0.626. The van der Waals surface area contributed by atoms with Crippen molar-refractivity contribution < 1.29 is 19.4 Å². The van der Waals surface area contributed by atoms with Gasteiger partial charge in [0.25, 0.3) is 5.91 Å². The molecule has 5 nitrogen and oxygen atoms in total. The number of nitrogens with one attached hydrogen (secondary N) is 1. The lowest BCUT2D eigenvalue weighted by Crippen LogP contribution is -2.46. The molecule has 0 spiro atoms. The Kier molecular flexibility index (Phi) is 1.92. The number of fused-ring (bicyclic) bond motifs is 1. The number of carbonyl (C=O) groups is 1. The van der Waals surface area contributed by atoms with Crippen LogP contribution in [0, 0.1) is 0 Å². The topological polar surface area (TPSA) is 67.8 Å². The first kappa shape index (κ1) is 9.62. The maximum absolute atomic E-state index is 11.1. The molecule has 2 aliphatic rings. The Bertz CT molecular complexity index is 453. The molecule has 0 aliphatic carbocycles. The van der Waals surface area contributed by atoms with E-state index in [1.165, 1.54) is 0 Å². The van der Waals surface area contributed by atoms with Crippen molar-refractivity contribution in [3.05, 3.63) is 23.8 Å². The van der Waals surface area contributed by atoms with Gasteiger partial charge in [0.2, 0.25) is 0 Å². The van der Waals surface area contributed by atoms with E-state index in [-0.39, 0.29) is 12.5 Å². The number of benzene rings is 1. The molecular formula is C11H11NO4. The molecule has 2 N–H and O–H groups in total. The van der Waals surface area contributed by atoms with Gasteiger partial charge in [-0.05, 0) is 17.7 Å². The first-order valence-electron chi connectivity index (χ1n) is 5.05. The van der Waals surface area contributed by atoms with Gasteiger partial charge in [-0.3, -0.25) is 4.79 Å². The Morgan fingerprint density at radius 3 is 2.88 bits per heavy atom. The van der Waals surface area contributed by atoms with Crippen molar-refractivity contribution >= 4 is 11.6 Å². The molecule has 0 saturated carbocycles. The first-order valence-corrected chi connectivity index (χ1v) is 5.05. The van der Waals surface area contributed by atoms with Crippen LogP contribution in [0.15, 0.2) is 18.2 Å². The molecular weight excluding hydrogens is 210 g/mol. The molecule has 0 radical (unpaired) electrons. The van der Waals surface area contributed by atoms with E-state index in [9.17, 15) is 9.90 Å². The van der Waals surface area contributed by atoms with Crippen LogP contribution < -0.4 is 10.1 Å². The van der Waals surface area contributed by atoms with Gasteiger partial charge < -0.3 is 19.9 Å². The smallest absolute Gasteiger partial charge is 0.262 e. The van der Waals surface area contributed by atoms with E-state index in [2.05, 4.69) is 5.32 Å². The molecule has 2 aliphatic heterocycles. The van der Waals surface area contributed by atoms with E-state index in [1.807, 2.05) is 0 Å². The van der Waals surface area contributed by atoms with E-state index in [4.69, 9.17) is 9.47 Å². The third-order valence-electron chi connectivity index (χ3n) is 2.83. The summed E-state index contributed by atoms with van der Waals surface area (Å²) in [5, 5.41) is 12.8. The predicted molar refractivity (Wildman–Crippen MR) is 55.3 cm³/mol. The Labute approximate surface area is 92.0 Å². The molecule has 5 heteroatoms. The highest BCUT2D eigenvalue weighted by Crippen LogP contribution is 2.35. The zero-order chi connectivity index (χ0) is 11.2. The summed E-state index contributed by atoms with van der Waals surface area (Å²) in [4.78, 5) is 11.1. The monoisotopic (exact) mass is 221 g/mol. The first-order chi connectivity index (χ1) is 7.67. The van der Waals surface area contributed by atoms with Crippen molar-refractivity contribution in [3.8, 4) is 5.75 Å². The van der Waals surface area contributed by atoms with Crippen molar-refractivity contribution in [2.24, 2.45) is 0 Å². The van der Waals surface area contributed by atoms with E-state index < -0.39 is 5.60 Å². The number of anilines is 1. The lowest BCUT2D eigenvalue weighted by molar-refractivity contribution is -0.184. The number of ether oxygens (including phenoxy) is 2. The summed E-state index contributed by atoms with van der Waals surface area (Å²) in [5.74, 6) is 0.452. The number of amides is 1. The van der Waals surface area contributed by atoms with Crippen LogP contribution in [0.3, 0.4) is 0 Å². The quantitative estimate of drug-likeness (QED) is 0.712. The minimum atomic E-state index is -0.919. The molecule has 16 heavy (non-hydrogen) atoms. The van der Waals surface area contributed by atoms with Gasteiger partial charge in [0.15, 0.2) is 6.61 Å². The Balaban J connectivity index is 1.98. The molecule has 0 atom stereocenters. The van der Waals surface area contributed by atoms with E-state index in [0.29, 0.717) is 24.7 Å². The number of rotatable bonds is 1. The molecule has 1 amide bonds. The molecule has 1 saturated heterocycles. The van der Waals surface area contributed by atoms with Gasteiger partial charge in [-0.25, -0.2) is 0 Å². The summed E-state index contributed by atoms with van der Waals surface area (Å²) in [6, 6.07) is 5.27. The van der Waals surface area contributed by atoms with Crippen molar-refractivity contribution in [2.45, 2.75) is 5.60 Å². The summed E-state index contributed by atoms with van der Waals surface area (Å²) >= 11 is 0. The molecule has 0 aromatic heterocycles. The van der Waals surface area contributed by atoms with Crippen LogP contribution >= 0.6 is 0 Å². The largest absolute Gasteiger partial charge is 0.482 e. The second-order valence-electron chi connectivity index (χ2n) is 4.07. The van der Waals surface area contributed by atoms with Crippen molar-refractivity contribution in [3.63, 3.8) is 0 Å². The van der Waals surface area contributed by atoms with Crippen molar-refractivity contribution in [2.75, 3.05) is 25.1 Å². The van der Waals surface area contributed by atoms with Gasteiger partial charge in [0, 0.05) is 0 Å². The highest BCUT2D eigenvalue weighted by molar-refractivity contribution is 5.95. The summed E-state index contributed by atoms with van der Waals surface area (Å²) in [5.41, 5.74) is 0.425. The minimum absolute atomic E-state index is 0.0414. The van der Waals surface area contributed by atoms with Crippen LogP contribution in [-0.2, 0) is 15.1 Å². The SMILES string of the molecule is O=C1COc2ccc(C3(O)COC3)cc2N1. The van der Waals surface area contributed by atoms with Gasteiger partial charge in [0.1, 0.15) is 11.4 Å².